The summed E-state index contributed by atoms with van der Waals surface area (Å²) in [5, 5.41) is 4.11. The van der Waals surface area contributed by atoms with E-state index in [-0.39, 0.29) is 11.8 Å². The fraction of sp³-hybridized carbons (Fsp3) is 0.231. The van der Waals surface area contributed by atoms with E-state index >= 15 is 0 Å². The highest BCUT2D eigenvalue weighted by molar-refractivity contribution is 6.29. The Morgan fingerprint density at radius 3 is 2.78 bits per heavy atom. The average molecular weight is 264 g/mol. The predicted molar refractivity (Wildman–Crippen MR) is 71.6 cm³/mol. The predicted octanol–water partition coefficient (Wildman–Crippen LogP) is 2.42. The van der Waals surface area contributed by atoms with Crippen molar-refractivity contribution in [1.82, 2.24) is 9.78 Å². The summed E-state index contributed by atoms with van der Waals surface area (Å²) in [6, 6.07) is 9.54. The van der Waals surface area contributed by atoms with Gasteiger partial charge in [0.15, 0.2) is 0 Å². The standard InChI is InChI=1S/C13H14ClN3O/c1-11-5-2-3-6-12(11)17(13(18)9-14)10-16-8-4-7-15-16/h2-8H,9-10H2,1H3. The summed E-state index contributed by atoms with van der Waals surface area (Å²) in [5.41, 5.74) is 1.89. The van der Waals surface area contributed by atoms with E-state index in [9.17, 15) is 4.79 Å². The number of carbonyl (C=O) groups excluding carboxylic acids is 1. The highest BCUT2D eigenvalue weighted by atomic mass is 35.5. The van der Waals surface area contributed by atoms with Gasteiger partial charge in [-0.2, -0.15) is 5.10 Å². The zero-order valence-electron chi connectivity index (χ0n) is 10.1. The molecule has 1 aromatic carbocycles. The average Bonchev–Trinajstić information content (AvgIpc) is 2.89. The van der Waals surface area contributed by atoms with Gasteiger partial charge in [0.2, 0.25) is 5.91 Å². The normalized spacial score (nSPS) is 10.3. The largest absolute Gasteiger partial charge is 0.291 e. The first-order valence-electron chi connectivity index (χ1n) is 5.62. The first kappa shape index (κ1) is 12.6. The Kier molecular flexibility index (Phi) is 3.99. The van der Waals surface area contributed by atoms with Gasteiger partial charge < -0.3 is 0 Å². The number of hydrogen-bond donors (Lipinski definition) is 0. The van der Waals surface area contributed by atoms with Crippen molar-refractivity contribution in [1.29, 1.82) is 0 Å². The van der Waals surface area contributed by atoms with Gasteiger partial charge in [-0.3, -0.25) is 14.4 Å². The van der Waals surface area contributed by atoms with Crippen molar-refractivity contribution < 1.29 is 4.79 Å². The third kappa shape index (κ3) is 2.71. The molecule has 0 saturated heterocycles. The number of amides is 1. The molecule has 2 aromatic rings. The fourth-order valence-corrected chi connectivity index (χ4v) is 1.90. The third-order valence-corrected chi connectivity index (χ3v) is 2.90. The summed E-state index contributed by atoms with van der Waals surface area (Å²) in [4.78, 5) is 13.6. The van der Waals surface area contributed by atoms with E-state index in [4.69, 9.17) is 11.6 Å². The Balaban J connectivity index is 2.31. The lowest BCUT2D eigenvalue weighted by Gasteiger charge is -2.23. The summed E-state index contributed by atoms with van der Waals surface area (Å²) >= 11 is 5.67. The van der Waals surface area contributed by atoms with Crippen LogP contribution in [0.4, 0.5) is 5.69 Å². The van der Waals surface area contributed by atoms with Crippen LogP contribution < -0.4 is 4.90 Å². The van der Waals surface area contributed by atoms with E-state index in [1.165, 1.54) is 0 Å². The number of alkyl halides is 1. The van der Waals surface area contributed by atoms with Crippen LogP contribution in [-0.2, 0) is 11.5 Å². The van der Waals surface area contributed by atoms with Gasteiger partial charge in [0.25, 0.3) is 0 Å². The molecule has 1 amide bonds. The van der Waals surface area contributed by atoms with Crippen LogP contribution in [-0.4, -0.2) is 21.6 Å². The molecule has 5 heteroatoms. The van der Waals surface area contributed by atoms with Gasteiger partial charge in [-0.05, 0) is 24.6 Å². The minimum absolute atomic E-state index is 0.0460. The van der Waals surface area contributed by atoms with Crippen LogP contribution in [0.2, 0.25) is 0 Å². The maximum absolute atomic E-state index is 11.9. The van der Waals surface area contributed by atoms with Crippen LogP contribution in [0, 0.1) is 6.92 Å². The number of aryl methyl sites for hydroxylation is 1. The maximum Gasteiger partial charge on any atom is 0.243 e. The molecule has 0 unspecified atom stereocenters. The first-order chi connectivity index (χ1) is 8.72. The van der Waals surface area contributed by atoms with E-state index < -0.39 is 0 Å². The van der Waals surface area contributed by atoms with Crippen molar-refractivity contribution in [2.45, 2.75) is 13.6 Å². The van der Waals surface area contributed by atoms with Crippen molar-refractivity contribution in [2.24, 2.45) is 0 Å². The molecule has 0 saturated carbocycles. The van der Waals surface area contributed by atoms with E-state index in [0.717, 1.165) is 11.3 Å². The molecule has 0 aliphatic carbocycles. The molecule has 0 aliphatic heterocycles. The maximum atomic E-state index is 11.9. The second-order valence-corrected chi connectivity index (χ2v) is 4.20. The summed E-state index contributed by atoms with van der Waals surface area (Å²) in [6.07, 6.45) is 3.49. The molecule has 0 bridgehead atoms. The topological polar surface area (TPSA) is 38.1 Å². The Hall–Kier alpha value is -1.81. The fourth-order valence-electron chi connectivity index (χ4n) is 1.76. The molecule has 0 radical (unpaired) electrons. The Bertz CT molecular complexity index is 525. The van der Waals surface area contributed by atoms with Crippen LogP contribution in [0.15, 0.2) is 42.7 Å². The van der Waals surface area contributed by atoms with Gasteiger partial charge in [0, 0.05) is 18.1 Å². The molecule has 0 aliphatic rings. The molecule has 4 nitrogen and oxygen atoms in total. The van der Waals surface area contributed by atoms with Gasteiger partial charge in [0.1, 0.15) is 12.5 Å². The highest BCUT2D eigenvalue weighted by Crippen LogP contribution is 2.20. The second-order valence-electron chi connectivity index (χ2n) is 3.93. The zero-order valence-corrected chi connectivity index (χ0v) is 10.8. The number of aromatic nitrogens is 2. The van der Waals surface area contributed by atoms with Gasteiger partial charge >= 0.3 is 0 Å². The molecule has 0 spiro atoms. The number of hydrogen-bond acceptors (Lipinski definition) is 2. The molecule has 0 atom stereocenters. The lowest BCUT2D eigenvalue weighted by Crippen LogP contribution is -2.34. The molecule has 0 fully saturated rings. The summed E-state index contributed by atoms with van der Waals surface area (Å²) < 4.78 is 1.69. The van der Waals surface area contributed by atoms with Gasteiger partial charge in [0.05, 0.1) is 0 Å². The molecule has 94 valence electrons. The number of carbonyl (C=O) groups is 1. The monoisotopic (exact) mass is 263 g/mol. The lowest BCUT2D eigenvalue weighted by molar-refractivity contribution is -0.116. The number of benzene rings is 1. The molecule has 18 heavy (non-hydrogen) atoms. The highest BCUT2D eigenvalue weighted by Gasteiger charge is 2.16. The van der Waals surface area contributed by atoms with Gasteiger partial charge in [-0.25, -0.2) is 0 Å². The van der Waals surface area contributed by atoms with Gasteiger partial charge in [-0.15, -0.1) is 11.6 Å². The lowest BCUT2D eigenvalue weighted by atomic mass is 10.2. The Morgan fingerprint density at radius 2 is 2.17 bits per heavy atom. The summed E-state index contributed by atoms with van der Waals surface area (Å²) in [7, 11) is 0. The van der Waals surface area contributed by atoms with Crippen molar-refractivity contribution in [3.63, 3.8) is 0 Å². The minimum atomic E-state index is -0.138. The first-order valence-corrected chi connectivity index (χ1v) is 6.15. The van der Waals surface area contributed by atoms with Crippen molar-refractivity contribution in [3.8, 4) is 0 Å². The second kappa shape index (κ2) is 5.69. The molecule has 1 heterocycles. The van der Waals surface area contributed by atoms with Gasteiger partial charge in [-0.1, -0.05) is 18.2 Å². The SMILES string of the molecule is Cc1ccccc1N(Cn1cccn1)C(=O)CCl. The zero-order chi connectivity index (χ0) is 13.0. The molecular weight excluding hydrogens is 250 g/mol. The molecule has 1 aromatic heterocycles. The van der Waals surface area contributed by atoms with E-state index in [2.05, 4.69) is 5.10 Å². The summed E-state index contributed by atoms with van der Waals surface area (Å²) in [6.45, 7) is 2.33. The van der Waals surface area contributed by atoms with Crippen LogP contribution in [0.25, 0.3) is 0 Å². The molecule has 2 rings (SSSR count). The van der Waals surface area contributed by atoms with Crippen LogP contribution in [0.1, 0.15) is 5.56 Å². The van der Waals surface area contributed by atoms with Crippen molar-refractivity contribution >= 4 is 23.2 Å². The van der Waals surface area contributed by atoms with Crippen LogP contribution in [0.5, 0.6) is 0 Å². The van der Waals surface area contributed by atoms with E-state index in [1.54, 1.807) is 15.8 Å². The van der Waals surface area contributed by atoms with E-state index in [0.29, 0.717) is 6.67 Å². The summed E-state index contributed by atoms with van der Waals surface area (Å²) in [5.74, 6) is -0.184. The number of halogens is 1. The quantitative estimate of drug-likeness (QED) is 0.795. The smallest absolute Gasteiger partial charge is 0.243 e. The van der Waals surface area contributed by atoms with Crippen LogP contribution >= 0.6 is 11.6 Å². The number of para-hydroxylation sites is 1. The number of anilines is 1. The molecule has 0 N–H and O–H groups in total. The third-order valence-electron chi connectivity index (χ3n) is 2.67. The molecular formula is C13H14ClN3O. The van der Waals surface area contributed by atoms with E-state index in [1.807, 2.05) is 43.5 Å². The Labute approximate surface area is 111 Å². The number of rotatable bonds is 4. The minimum Gasteiger partial charge on any atom is -0.291 e. The number of nitrogens with zero attached hydrogens (tertiary/aromatic N) is 3. The van der Waals surface area contributed by atoms with Crippen molar-refractivity contribution in [2.75, 3.05) is 10.8 Å². The van der Waals surface area contributed by atoms with Crippen LogP contribution in [0.3, 0.4) is 0 Å². The van der Waals surface area contributed by atoms with Crippen molar-refractivity contribution in [3.05, 3.63) is 48.3 Å². The Morgan fingerprint density at radius 1 is 1.39 bits per heavy atom.